The number of carbonyl (C=O) groups excluding carboxylic acids is 1. The van der Waals surface area contributed by atoms with E-state index in [1.807, 2.05) is 36.4 Å². The first-order valence-corrected chi connectivity index (χ1v) is 9.72. The minimum Gasteiger partial charge on any atom is -0.352 e. The van der Waals surface area contributed by atoms with Crippen LogP contribution in [0.5, 0.6) is 0 Å². The van der Waals surface area contributed by atoms with Crippen LogP contribution in [0.4, 0.5) is 0 Å². The molecule has 0 saturated carbocycles. The number of nitrogens with two attached hydrogens (primary N) is 1. The number of amides is 1. The van der Waals surface area contributed by atoms with Gasteiger partial charge in [-0.2, -0.15) is 0 Å². The minimum absolute atomic E-state index is 0. The number of hydrogen-bond donors (Lipinski definition) is 2. The summed E-state index contributed by atoms with van der Waals surface area (Å²) in [5.74, 6) is -0.145. The maximum absolute atomic E-state index is 12.0. The summed E-state index contributed by atoms with van der Waals surface area (Å²) in [6.45, 7) is 0.345. The van der Waals surface area contributed by atoms with E-state index in [-0.39, 0.29) is 36.5 Å². The lowest BCUT2D eigenvalue weighted by Crippen LogP contribution is -2.27. The summed E-state index contributed by atoms with van der Waals surface area (Å²) in [6, 6.07) is 16.3. The van der Waals surface area contributed by atoms with Crippen LogP contribution in [0.15, 0.2) is 54.6 Å². The summed E-state index contributed by atoms with van der Waals surface area (Å²) < 4.78 is 22.7. The highest BCUT2D eigenvalue weighted by atomic mass is 35.5. The molecule has 2 rings (SSSR count). The molecule has 7 heteroatoms. The van der Waals surface area contributed by atoms with E-state index in [1.54, 1.807) is 18.2 Å². The molecule has 5 nitrogen and oxygen atoms in total. The fourth-order valence-corrected chi connectivity index (χ4v) is 3.21. The Morgan fingerprint density at radius 3 is 2.36 bits per heavy atom. The van der Waals surface area contributed by atoms with Gasteiger partial charge in [0.05, 0.1) is 5.75 Å². The van der Waals surface area contributed by atoms with Crippen LogP contribution in [-0.4, -0.2) is 20.6 Å². The van der Waals surface area contributed by atoms with Gasteiger partial charge in [0.2, 0.25) is 5.91 Å². The Balaban J connectivity index is 0.00000312. The molecule has 0 aliphatic rings. The third-order valence-electron chi connectivity index (χ3n) is 3.54. The molecule has 0 spiro atoms. The van der Waals surface area contributed by atoms with Crippen LogP contribution in [0.25, 0.3) is 0 Å². The van der Waals surface area contributed by atoms with Crippen molar-refractivity contribution >= 4 is 28.2 Å². The molecular weight excluding hydrogens is 360 g/mol. The average Bonchev–Trinajstić information content (AvgIpc) is 2.52. The lowest BCUT2D eigenvalue weighted by Gasteiger charge is -2.12. The summed E-state index contributed by atoms with van der Waals surface area (Å²) >= 11 is 0. The van der Waals surface area contributed by atoms with Crippen molar-refractivity contribution < 1.29 is 13.2 Å². The molecule has 136 valence electrons. The Morgan fingerprint density at radius 2 is 1.72 bits per heavy atom. The second-order valence-electron chi connectivity index (χ2n) is 5.89. The quantitative estimate of drug-likeness (QED) is 0.769. The number of nitrogens with one attached hydrogen (secondary N) is 1. The second kappa shape index (κ2) is 9.56. The van der Waals surface area contributed by atoms with Gasteiger partial charge >= 0.3 is 0 Å². The molecule has 2 aromatic rings. The van der Waals surface area contributed by atoms with E-state index in [4.69, 9.17) is 5.73 Å². The Hall–Kier alpha value is -1.89. The standard InChI is InChI=1S/C18H22N2O3S.ClH/c1-24(22,23)13-15-7-5-6-14(10-15)12-20-18(21)11-17(19)16-8-3-2-4-9-16;/h2-10,17H,11-13,19H2,1H3,(H,20,21);1H. The highest BCUT2D eigenvalue weighted by Crippen LogP contribution is 2.13. The highest BCUT2D eigenvalue weighted by molar-refractivity contribution is 7.89. The SMILES string of the molecule is CS(=O)(=O)Cc1cccc(CNC(=O)CC(N)c2ccccc2)c1.Cl. The van der Waals surface area contributed by atoms with Gasteiger partial charge in [-0.05, 0) is 16.7 Å². The van der Waals surface area contributed by atoms with Crippen molar-refractivity contribution in [2.45, 2.75) is 24.8 Å². The number of sulfone groups is 1. The monoisotopic (exact) mass is 382 g/mol. The van der Waals surface area contributed by atoms with E-state index >= 15 is 0 Å². The Bertz CT molecular complexity index is 795. The maximum Gasteiger partial charge on any atom is 0.222 e. The van der Waals surface area contributed by atoms with Crippen molar-refractivity contribution in [3.63, 3.8) is 0 Å². The van der Waals surface area contributed by atoms with Gasteiger partial charge in [-0.3, -0.25) is 4.79 Å². The molecule has 1 amide bonds. The van der Waals surface area contributed by atoms with Crippen LogP contribution in [0.1, 0.15) is 29.2 Å². The summed E-state index contributed by atoms with van der Waals surface area (Å²) in [6.07, 6.45) is 1.40. The number of rotatable bonds is 7. The van der Waals surface area contributed by atoms with Crippen LogP contribution < -0.4 is 11.1 Å². The molecule has 2 aromatic carbocycles. The normalized spacial score (nSPS) is 12.1. The lowest BCUT2D eigenvalue weighted by molar-refractivity contribution is -0.121. The fourth-order valence-electron chi connectivity index (χ4n) is 2.42. The molecule has 0 saturated heterocycles. The maximum atomic E-state index is 12.0. The third kappa shape index (κ3) is 7.69. The van der Waals surface area contributed by atoms with E-state index in [1.165, 1.54) is 6.26 Å². The Morgan fingerprint density at radius 1 is 1.08 bits per heavy atom. The summed E-state index contributed by atoms with van der Waals surface area (Å²) in [5, 5.41) is 2.82. The first-order valence-electron chi connectivity index (χ1n) is 7.66. The molecular formula is C18H23ClN2O3S. The number of carbonyl (C=O) groups is 1. The summed E-state index contributed by atoms with van der Waals surface area (Å²) in [7, 11) is -3.08. The van der Waals surface area contributed by atoms with Crippen molar-refractivity contribution in [3.8, 4) is 0 Å². The van der Waals surface area contributed by atoms with Crippen LogP contribution in [0.3, 0.4) is 0 Å². The fraction of sp³-hybridized carbons (Fsp3) is 0.278. The van der Waals surface area contributed by atoms with Gasteiger partial charge in [0, 0.05) is 25.3 Å². The zero-order chi connectivity index (χ0) is 17.6. The molecule has 25 heavy (non-hydrogen) atoms. The predicted molar refractivity (Wildman–Crippen MR) is 102 cm³/mol. The molecule has 1 unspecified atom stereocenters. The molecule has 0 aliphatic carbocycles. The number of hydrogen-bond acceptors (Lipinski definition) is 4. The summed E-state index contributed by atoms with van der Waals surface area (Å²) in [5.41, 5.74) is 8.52. The molecule has 1 atom stereocenters. The molecule has 0 aromatic heterocycles. The van der Waals surface area contributed by atoms with E-state index in [2.05, 4.69) is 5.32 Å². The first kappa shape index (κ1) is 21.2. The smallest absolute Gasteiger partial charge is 0.222 e. The second-order valence-corrected chi connectivity index (χ2v) is 8.03. The van der Waals surface area contributed by atoms with Crippen LogP contribution >= 0.6 is 12.4 Å². The zero-order valence-corrected chi connectivity index (χ0v) is 15.6. The van der Waals surface area contributed by atoms with E-state index in [0.717, 1.165) is 11.1 Å². The van der Waals surface area contributed by atoms with E-state index < -0.39 is 9.84 Å². The topological polar surface area (TPSA) is 89.3 Å². The Labute approximate surface area is 155 Å². The molecule has 0 radical (unpaired) electrons. The Kier molecular flexibility index (Phi) is 8.09. The molecule has 0 fully saturated rings. The van der Waals surface area contributed by atoms with Gasteiger partial charge in [0.1, 0.15) is 0 Å². The highest BCUT2D eigenvalue weighted by Gasteiger charge is 2.11. The molecule has 0 bridgehead atoms. The van der Waals surface area contributed by atoms with Crippen LogP contribution in [0.2, 0.25) is 0 Å². The van der Waals surface area contributed by atoms with Crippen molar-refractivity contribution in [2.75, 3.05) is 6.26 Å². The minimum atomic E-state index is -3.08. The largest absolute Gasteiger partial charge is 0.352 e. The van der Waals surface area contributed by atoms with E-state index in [0.29, 0.717) is 12.1 Å². The van der Waals surface area contributed by atoms with Gasteiger partial charge in [-0.1, -0.05) is 54.6 Å². The van der Waals surface area contributed by atoms with Crippen LogP contribution in [0, 0.1) is 0 Å². The van der Waals surface area contributed by atoms with Gasteiger partial charge in [0.15, 0.2) is 9.84 Å². The lowest BCUT2D eigenvalue weighted by atomic mass is 10.0. The third-order valence-corrected chi connectivity index (χ3v) is 4.40. The van der Waals surface area contributed by atoms with Crippen molar-refractivity contribution in [2.24, 2.45) is 5.73 Å². The first-order chi connectivity index (χ1) is 11.3. The van der Waals surface area contributed by atoms with Crippen molar-refractivity contribution in [3.05, 3.63) is 71.3 Å². The van der Waals surface area contributed by atoms with Crippen molar-refractivity contribution in [1.29, 1.82) is 0 Å². The predicted octanol–water partition coefficient (Wildman–Crippen LogP) is 2.36. The van der Waals surface area contributed by atoms with Crippen LogP contribution in [-0.2, 0) is 26.9 Å². The van der Waals surface area contributed by atoms with Gasteiger partial charge < -0.3 is 11.1 Å². The average molecular weight is 383 g/mol. The number of benzene rings is 2. The van der Waals surface area contributed by atoms with Gasteiger partial charge in [0.25, 0.3) is 0 Å². The van der Waals surface area contributed by atoms with Gasteiger partial charge in [-0.15, -0.1) is 12.4 Å². The summed E-state index contributed by atoms with van der Waals surface area (Å²) in [4.78, 5) is 12.0. The number of halogens is 1. The molecule has 0 aliphatic heterocycles. The van der Waals surface area contributed by atoms with Gasteiger partial charge in [-0.25, -0.2) is 8.42 Å². The molecule has 3 N–H and O–H groups in total. The zero-order valence-electron chi connectivity index (χ0n) is 14.0. The van der Waals surface area contributed by atoms with Crippen molar-refractivity contribution in [1.82, 2.24) is 5.32 Å². The van der Waals surface area contributed by atoms with E-state index in [9.17, 15) is 13.2 Å². The molecule has 0 heterocycles.